The number of amides is 2. The Morgan fingerprint density at radius 1 is 1.09 bits per heavy atom. The van der Waals surface area contributed by atoms with Gasteiger partial charge < -0.3 is 15.0 Å². The lowest BCUT2D eigenvalue weighted by atomic mass is 10.00. The zero-order valence-electron chi connectivity index (χ0n) is 19.0. The Labute approximate surface area is 189 Å². The van der Waals surface area contributed by atoms with Crippen LogP contribution in [0.5, 0.6) is 0 Å². The largest absolute Gasteiger partial charge is 0.378 e. The van der Waals surface area contributed by atoms with Gasteiger partial charge in [0.05, 0.1) is 42.0 Å². The molecule has 3 heterocycles. The molecule has 1 atom stereocenters. The van der Waals surface area contributed by atoms with E-state index in [0.29, 0.717) is 39.3 Å². The van der Waals surface area contributed by atoms with Gasteiger partial charge >= 0.3 is 0 Å². The van der Waals surface area contributed by atoms with Crippen molar-refractivity contribution in [2.24, 2.45) is 0 Å². The highest BCUT2D eigenvalue weighted by Gasteiger charge is 2.32. The fraction of sp³-hybridized carbons (Fsp3) is 0.542. The molecule has 2 fully saturated rings. The third kappa shape index (κ3) is 5.02. The monoisotopic (exact) mass is 439 g/mol. The van der Waals surface area contributed by atoms with Crippen LogP contribution in [0.1, 0.15) is 37.1 Å². The molecule has 0 bridgehead atoms. The molecular formula is C24H33N5O3. The number of carbonyl (C=O) groups excluding carboxylic acids is 2. The average Bonchev–Trinajstić information content (AvgIpc) is 3.12. The van der Waals surface area contributed by atoms with Crippen LogP contribution in [0.4, 0.5) is 5.69 Å². The predicted molar refractivity (Wildman–Crippen MR) is 123 cm³/mol. The van der Waals surface area contributed by atoms with E-state index in [1.54, 1.807) is 0 Å². The van der Waals surface area contributed by atoms with Crippen molar-refractivity contribution in [2.75, 3.05) is 44.7 Å². The summed E-state index contributed by atoms with van der Waals surface area (Å²) in [5.41, 5.74) is 3.42. The summed E-state index contributed by atoms with van der Waals surface area (Å²) in [5.74, 6) is 0.135. The molecule has 2 aliphatic rings. The Hall–Kier alpha value is -2.71. The van der Waals surface area contributed by atoms with Gasteiger partial charge in [-0.1, -0.05) is 24.6 Å². The van der Waals surface area contributed by atoms with E-state index in [1.807, 2.05) is 53.8 Å². The third-order valence-electron chi connectivity index (χ3n) is 6.40. The van der Waals surface area contributed by atoms with E-state index in [-0.39, 0.29) is 17.9 Å². The maximum absolute atomic E-state index is 13.0. The summed E-state index contributed by atoms with van der Waals surface area (Å²) in [4.78, 5) is 29.9. The molecule has 0 aliphatic carbocycles. The van der Waals surface area contributed by atoms with E-state index in [4.69, 9.17) is 4.74 Å². The maximum Gasteiger partial charge on any atom is 0.240 e. The summed E-state index contributed by atoms with van der Waals surface area (Å²) >= 11 is 0. The number of ether oxygens (including phenoxy) is 1. The minimum absolute atomic E-state index is 0.0491. The lowest BCUT2D eigenvalue weighted by Crippen LogP contribution is -2.53. The first kappa shape index (κ1) is 22.5. The molecule has 1 aromatic heterocycles. The molecule has 0 saturated carbocycles. The second kappa shape index (κ2) is 10.3. The maximum atomic E-state index is 13.0. The molecule has 1 aromatic carbocycles. The molecule has 8 heteroatoms. The summed E-state index contributed by atoms with van der Waals surface area (Å²) in [7, 11) is 0. The van der Waals surface area contributed by atoms with E-state index >= 15 is 0 Å². The topological polar surface area (TPSA) is 79.7 Å². The van der Waals surface area contributed by atoms with Crippen molar-refractivity contribution in [1.29, 1.82) is 0 Å². The van der Waals surface area contributed by atoms with Crippen molar-refractivity contribution in [3.63, 3.8) is 0 Å². The second-order valence-electron chi connectivity index (χ2n) is 8.58. The van der Waals surface area contributed by atoms with Crippen molar-refractivity contribution in [3.05, 3.63) is 41.7 Å². The zero-order chi connectivity index (χ0) is 22.5. The van der Waals surface area contributed by atoms with Gasteiger partial charge in [0.25, 0.3) is 0 Å². The molecule has 32 heavy (non-hydrogen) atoms. The molecule has 2 amide bonds. The number of likely N-dealkylation sites (tertiary alicyclic amines) is 1. The molecular weight excluding hydrogens is 406 g/mol. The standard InChI is InChI=1S/C24H33N5O3/c1-18-23(19(2)29(26-18)20-8-4-3-5-9-20)25-22(30)11-13-27-12-7-6-10-21(27)24(31)28-14-16-32-17-15-28/h3-5,8-9,21H,6-7,10-17H2,1-2H3,(H,25,30). The normalized spacial score (nSPS) is 19.7. The summed E-state index contributed by atoms with van der Waals surface area (Å²) < 4.78 is 7.24. The quantitative estimate of drug-likeness (QED) is 0.748. The Morgan fingerprint density at radius 2 is 1.84 bits per heavy atom. The number of piperidine rings is 1. The number of rotatable bonds is 6. The number of hydrogen-bond donors (Lipinski definition) is 1. The highest BCUT2D eigenvalue weighted by molar-refractivity contribution is 5.92. The average molecular weight is 440 g/mol. The van der Waals surface area contributed by atoms with E-state index in [1.165, 1.54) is 0 Å². The molecule has 4 rings (SSSR count). The van der Waals surface area contributed by atoms with E-state index in [0.717, 1.165) is 48.6 Å². The number of carbonyl (C=O) groups is 2. The number of benzene rings is 1. The first-order chi connectivity index (χ1) is 15.5. The number of aryl methyl sites for hydroxylation is 1. The van der Waals surface area contributed by atoms with Crippen molar-refractivity contribution in [2.45, 2.75) is 45.6 Å². The molecule has 2 saturated heterocycles. The number of anilines is 1. The van der Waals surface area contributed by atoms with Gasteiger partial charge in [-0.05, 0) is 45.4 Å². The number of nitrogens with one attached hydrogen (secondary N) is 1. The third-order valence-corrected chi connectivity index (χ3v) is 6.40. The van der Waals surface area contributed by atoms with Crippen LogP contribution >= 0.6 is 0 Å². The van der Waals surface area contributed by atoms with E-state index in [2.05, 4.69) is 15.3 Å². The fourth-order valence-electron chi connectivity index (χ4n) is 4.62. The van der Waals surface area contributed by atoms with Crippen molar-refractivity contribution in [1.82, 2.24) is 19.6 Å². The zero-order valence-corrected chi connectivity index (χ0v) is 19.0. The number of morpholine rings is 1. The van der Waals surface area contributed by atoms with Gasteiger partial charge in [-0.3, -0.25) is 14.5 Å². The van der Waals surface area contributed by atoms with Gasteiger partial charge in [-0.15, -0.1) is 0 Å². The van der Waals surface area contributed by atoms with Crippen LogP contribution in [0, 0.1) is 13.8 Å². The molecule has 0 spiro atoms. The van der Waals surface area contributed by atoms with Crippen molar-refractivity contribution < 1.29 is 14.3 Å². The highest BCUT2D eigenvalue weighted by atomic mass is 16.5. The highest BCUT2D eigenvalue weighted by Crippen LogP contribution is 2.24. The summed E-state index contributed by atoms with van der Waals surface area (Å²) in [6, 6.07) is 9.77. The molecule has 8 nitrogen and oxygen atoms in total. The molecule has 1 N–H and O–H groups in total. The Bertz CT molecular complexity index is 937. The van der Waals surface area contributed by atoms with Crippen LogP contribution in [0.2, 0.25) is 0 Å². The molecule has 0 radical (unpaired) electrons. The number of hydrogen-bond acceptors (Lipinski definition) is 5. The van der Waals surface area contributed by atoms with Gasteiger partial charge in [-0.2, -0.15) is 5.10 Å². The Kier molecular flexibility index (Phi) is 7.22. The van der Waals surface area contributed by atoms with E-state index < -0.39 is 0 Å². The summed E-state index contributed by atoms with van der Waals surface area (Å²) in [6.45, 7) is 7.84. The fourth-order valence-corrected chi connectivity index (χ4v) is 4.62. The van der Waals surface area contributed by atoms with Gasteiger partial charge in [0.15, 0.2) is 0 Å². The predicted octanol–water partition coefficient (Wildman–Crippen LogP) is 2.53. The minimum Gasteiger partial charge on any atom is -0.378 e. The smallest absolute Gasteiger partial charge is 0.240 e. The van der Waals surface area contributed by atoms with Crippen LogP contribution in [0.15, 0.2) is 30.3 Å². The summed E-state index contributed by atoms with van der Waals surface area (Å²) in [6.07, 6.45) is 3.33. The lowest BCUT2D eigenvalue weighted by molar-refractivity contribution is -0.142. The van der Waals surface area contributed by atoms with Crippen molar-refractivity contribution in [3.8, 4) is 5.69 Å². The van der Waals surface area contributed by atoms with E-state index in [9.17, 15) is 9.59 Å². The number of para-hydroxylation sites is 1. The van der Waals surface area contributed by atoms with Gasteiger partial charge in [-0.25, -0.2) is 4.68 Å². The molecule has 2 aromatic rings. The van der Waals surface area contributed by atoms with Gasteiger partial charge in [0.1, 0.15) is 0 Å². The molecule has 2 aliphatic heterocycles. The number of nitrogens with zero attached hydrogens (tertiary/aromatic N) is 4. The van der Waals surface area contributed by atoms with Gasteiger partial charge in [0.2, 0.25) is 11.8 Å². The Balaban J connectivity index is 1.37. The van der Waals surface area contributed by atoms with Crippen molar-refractivity contribution >= 4 is 17.5 Å². The van der Waals surface area contributed by atoms with Crippen LogP contribution in [-0.4, -0.2) is 76.8 Å². The minimum atomic E-state index is -0.126. The SMILES string of the molecule is Cc1nn(-c2ccccc2)c(C)c1NC(=O)CCN1CCCCC1C(=O)N1CCOCC1. The van der Waals surface area contributed by atoms with Crippen LogP contribution in [-0.2, 0) is 14.3 Å². The lowest BCUT2D eigenvalue weighted by Gasteiger charge is -2.38. The first-order valence-electron chi connectivity index (χ1n) is 11.6. The summed E-state index contributed by atoms with van der Waals surface area (Å²) in [5, 5.41) is 7.66. The second-order valence-corrected chi connectivity index (χ2v) is 8.58. The molecule has 172 valence electrons. The molecule has 1 unspecified atom stereocenters. The Morgan fingerprint density at radius 3 is 2.59 bits per heavy atom. The number of aromatic nitrogens is 2. The van der Waals surface area contributed by atoms with Crippen LogP contribution in [0.3, 0.4) is 0 Å². The van der Waals surface area contributed by atoms with Crippen LogP contribution in [0.25, 0.3) is 5.69 Å². The van der Waals surface area contributed by atoms with Gasteiger partial charge in [0, 0.05) is 26.1 Å². The first-order valence-corrected chi connectivity index (χ1v) is 11.6. The van der Waals surface area contributed by atoms with Crippen LogP contribution < -0.4 is 5.32 Å².